The lowest BCUT2D eigenvalue weighted by Crippen LogP contribution is -2.28. The van der Waals surface area contributed by atoms with Crippen LogP contribution in [0, 0.1) is 0 Å². The van der Waals surface area contributed by atoms with Crippen molar-refractivity contribution in [3.05, 3.63) is 29.3 Å². The largest absolute Gasteiger partial charge is 0.382 e. The second kappa shape index (κ2) is 11.5. The molecule has 1 rings (SSSR count). The van der Waals surface area contributed by atoms with E-state index in [9.17, 15) is 4.79 Å². The molecule has 118 valence electrons. The molecule has 0 atom stereocenters. The van der Waals surface area contributed by atoms with E-state index in [2.05, 4.69) is 10.6 Å². The summed E-state index contributed by atoms with van der Waals surface area (Å²) in [5.41, 5.74) is 0.709. The van der Waals surface area contributed by atoms with Gasteiger partial charge in [0.2, 0.25) is 5.91 Å². The van der Waals surface area contributed by atoms with Crippen molar-refractivity contribution in [3.63, 3.8) is 0 Å². The van der Waals surface area contributed by atoms with E-state index in [-0.39, 0.29) is 12.5 Å². The molecule has 0 radical (unpaired) electrons. The number of carbonyl (C=O) groups is 1. The molecule has 0 spiro atoms. The van der Waals surface area contributed by atoms with Gasteiger partial charge in [-0.3, -0.25) is 4.79 Å². The first-order valence-electron chi connectivity index (χ1n) is 7.05. The Morgan fingerprint density at radius 3 is 2.86 bits per heavy atom. The normalized spacial score (nSPS) is 10.6. The lowest BCUT2D eigenvalue weighted by molar-refractivity contribution is -0.115. The molecular weight excluding hydrogens is 292 g/mol. The van der Waals surface area contributed by atoms with Crippen LogP contribution in [0.25, 0.3) is 0 Å². The van der Waals surface area contributed by atoms with Crippen molar-refractivity contribution in [3.8, 4) is 0 Å². The first-order chi connectivity index (χ1) is 10.2. The van der Waals surface area contributed by atoms with Crippen LogP contribution in [0.5, 0.6) is 0 Å². The lowest BCUT2D eigenvalue weighted by atomic mass is 10.3. The Morgan fingerprint density at radius 2 is 2.10 bits per heavy atom. The van der Waals surface area contributed by atoms with Crippen LogP contribution in [-0.2, 0) is 14.3 Å². The molecule has 0 aliphatic rings. The van der Waals surface area contributed by atoms with E-state index in [1.807, 2.05) is 0 Å². The van der Waals surface area contributed by atoms with Crippen LogP contribution in [0.15, 0.2) is 24.3 Å². The van der Waals surface area contributed by atoms with E-state index in [0.29, 0.717) is 23.9 Å². The highest BCUT2D eigenvalue weighted by atomic mass is 35.5. The zero-order valence-corrected chi connectivity index (χ0v) is 13.1. The second-order valence-electron chi connectivity index (χ2n) is 4.55. The predicted molar refractivity (Wildman–Crippen MR) is 84.9 cm³/mol. The number of amides is 1. The van der Waals surface area contributed by atoms with Gasteiger partial charge in [-0.15, -0.1) is 0 Å². The summed E-state index contributed by atoms with van der Waals surface area (Å²) < 4.78 is 10.2. The van der Waals surface area contributed by atoms with Gasteiger partial charge in [-0.25, -0.2) is 0 Å². The van der Waals surface area contributed by atoms with Gasteiger partial charge in [-0.05, 0) is 37.6 Å². The van der Waals surface area contributed by atoms with Gasteiger partial charge in [-0.1, -0.05) is 17.7 Å². The summed E-state index contributed by atoms with van der Waals surface area (Å²) in [6.45, 7) is 3.06. The maximum absolute atomic E-state index is 11.7. The maximum atomic E-state index is 11.7. The maximum Gasteiger partial charge on any atom is 0.238 e. The van der Waals surface area contributed by atoms with E-state index in [1.165, 1.54) is 0 Å². The summed E-state index contributed by atoms with van der Waals surface area (Å²) >= 11 is 5.85. The zero-order chi connectivity index (χ0) is 15.3. The first kappa shape index (κ1) is 17.9. The minimum atomic E-state index is -0.0754. The molecule has 6 heteroatoms. The zero-order valence-electron chi connectivity index (χ0n) is 12.4. The third kappa shape index (κ3) is 9.42. The van der Waals surface area contributed by atoms with Gasteiger partial charge >= 0.3 is 0 Å². The molecule has 0 aromatic heterocycles. The molecular formula is C15H23ClN2O3. The van der Waals surface area contributed by atoms with Gasteiger partial charge in [0.1, 0.15) is 0 Å². The van der Waals surface area contributed by atoms with Gasteiger partial charge in [-0.2, -0.15) is 0 Å². The Kier molecular flexibility index (Phi) is 9.82. The minimum absolute atomic E-state index is 0.0754. The van der Waals surface area contributed by atoms with Gasteiger partial charge in [0.15, 0.2) is 0 Å². The number of halogens is 1. The number of hydrogen-bond donors (Lipinski definition) is 2. The smallest absolute Gasteiger partial charge is 0.238 e. The standard InChI is InChI=1S/C15H23ClN2O3/c1-20-9-10-21-8-3-2-7-17-12-15(19)18-14-6-4-5-13(16)11-14/h4-6,11,17H,2-3,7-10,12H2,1H3,(H,18,19). The minimum Gasteiger partial charge on any atom is -0.382 e. The lowest BCUT2D eigenvalue weighted by Gasteiger charge is -2.07. The van der Waals surface area contributed by atoms with Crippen LogP contribution in [0.1, 0.15) is 12.8 Å². The molecule has 1 aromatic carbocycles. The third-order valence-corrected chi connectivity index (χ3v) is 2.95. The number of hydrogen-bond acceptors (Lipinski definition) is 4. The molecule has 0 aliphatic heterocycles. The average molecular weight is 315 g/mol. The van der Waals surface area contributed by atoms with Crippen LogP contribution in [0.4, 0.5) is 5.69 Å². The number of anilines is 1. The molecule has 1 aromatic rings. The van der Waals surface area contributed by atoms with E-state index in [4.69, 9.17) is 21.1 Å². The molecule has 5 nitrogen and oxygen atoms in total. The van der Waals surface area contributed by atoms with E-state index >= 15 is 0 Å². The van der Waals surface area contributed by atoms with Crippen molar-refractivity contribution in [2.45, 2.75) is 12.8 Å². The predicted octanol–water partition coefficient (Wildman–Crippen LogP) is 2.31. The fraction of sp³-hybridized carbons (Fsp3) is 0.533. The summed E-state index contributed by atoms with van der Waals surface area (Å²) in [6.07, 6.45) is 1.93. The highest BCUT2D eigenvalue weighted by molar-refractivity contribution is 6.30. The summed E-state index contributed by atoms with van der Waals surface area (Å²) in [7, 11) is 1.65. The molecule has 0 fully saturated rings. The summed E-state index contributed by atoms with van der Waals surface area (Å²) in [5, 5.41) is 6.49. The molecule has 1 amide bonds. The fourth-order valence-electron chi connectivity index (χ4n) is 1.67. The van der Waals surface area contributed by atoms with Crippen LogP contribution < -0.4 is 10.6 Å². The van der Waals surface area contributed by atoms with Gasteiger partial charge < -0.3 is 20.1 Å². The number of methoxy groups -OCH3 is 1. The number of rotatable bonds is 11. The topological polar surface area (TPSA) is 59.6 Å². The van der Waals surface area contributed by atoms with E-state index in [0.717, 1.165) is 26.0 Å². The third-order valence-electron chi connectivity index (χ3n) is 2.72. The van der Waals surface area contributed by atoms with Crippen molar-refractivity contribution < 1.29 is 14.3 Å². The van der Waals surface area contributed by atoms with Crippen LogP contribution >= 0.6 is 11.6 Å². The van der Waals surface area contributed by atoms with Gasteiger partial charge in [0, 0.05) is 24.4 Å². The first-order valence-corrected chi connectivity index (χ1v) is 7.43. The van der Waals surface area contributed by atoms with Crippen LogP contribution in [0.2, 0.25) is 5.02 Å². The molecule has 0 saturated carbocycles. The number of carbonyl (C=O) groups excluding carboxylic acids is 1. The number of unbranched alkanes of at least 4 members (excludes halogenated alkanes) is 1. The Balaban J connectivity index is 1.99. The molecule has 0 saturated heterocycles. The second-order valence-corrected chi connectivity index (χ2v) is 4.98. The average Bonchev–Trinajstić information content (AvgIpc) is 2.45. The van der Waals surface area contributed by atoms with Crippen molar-refractivity contribution in [2.75, 3.05) is 45.3 Å². The highest BCUT2D eigenvalue weighted by Gasteiger charge is 2.01. The summed E-state index contributed by atoms with van der Waals surface area (Å²) in [6, 6.07) is 7.09. The molecule has 0 bridgehead atoms. The summed E-state index contributed by atoms with van der Waals surface area (Å²) in [4.78, 5) is 11.7. The molecule has 0 heterocycles. The van der Waals surface area contributed by atoms with E-state index < -0.39 is 0 Å². The van der Waals surface area contributed by atoms with Gasteiger partial charge in [0.05, 0.1) is 19.8 Å². The Bertz CT molecular complexity index is 416. The van der Waals surface area contributed by atoms with Crippen molar-refractivity contribution >= 4 is 23.2 Å². The van der Waals surface area contributed by atoms with Crippen molar-refractivity contribution in [2.24, 2.45) is 0 Å². The Labute approximate surface area is 131 Å². The van der Waals surface area contributed by atoms with Crippen molar-refractivity contribution in [1.29, 1.82) is 0 Å². The number of benzene rings is 1. The molecule has 0 aliphatic carbocycles. The van der Waals surface area contributed by atoms with Crippen molar-refractivity contribution in [1.82, 2.24) is 5.32 Å². The van der Waals surface area contributed by atoms with Crippen LogP contribution in [-0.4, -0.2) is 45.9 Å². The SMILES string of the molecule is COCCOCCCCNCC(=O)Nc1cccc(Cl)c1. The Morgan fingerprint density at radius 1 is 1.24 bits per heavy atom. The highest BCUT2D eigenvalue weighted by Crippen LogP contribution is 2.14. The fourth-order valence-corrected chi connectivity index (χ4v) is 1.86. The molecule has 2 N–H and O–H groups in total. The number of ether oxygens (including phenoxy) is 2. The molecule has 21 heavy (non-hydrogen) atoms. The quantitative estimate of drug-likeness (QED) is 0.615. The monoisotopic (exact) mass is 314 g/mol. The van der Waals surface area contributed by atoms with E-state index in [1.54, 1.807) is 31.4 Å². The number of nitrogens with one attached hydrogen (secondary N) is 2. The van der Waals surface area contributed by atoms with Crippen LogP contribution in [0.3, 0.4) is 0 Å². The molecule has 0 unspecified atom stereocenters. The van der Waals surface area contributed by atoms with Gasteiger partial charge in [0.25, 0.3) is 0 Å². The summed E-state index contributed by atoms with van der Waals surface area (Å²) in [5.74, 6) is -0.0754. The Hall–Kier alpha value is -1.14.